The van der Waals surface area contributed by atoms with Gasteiger partial charge in [-0.2, -0.15) is 5.10 Å². The van der Waals surface area contributed by atoms with Gasteiger partial charge in [-0.25, -0.2) is 4.39 Å². The van der Waals surface area contributed by atoms with Crippen LogP contribution in [0.15, 0.2) is 24.3 Å². The predicted octanol–water partition coefficient (Wildman–Crippen LogP) is 2.50. The Balaban J connectivity index is 2.59. The molecule has 0 aliphatic rings. The van der Waals surface area contributed by atoms with E-state index in [0.717, 1.165) is 17.0 Å². The smallest absolute Gasteiger partial charge is 0.195 e. The van der Waals surface area contributed by atoms with Crippen molar-refractivity contribution in [2.75, 3.05) is 0 Å². The number of hydrogen-bond acceptors (Lipinski definition) is 2. The number of aryl methyl sites for hydroxylation is 2. The van der Waals surface area contributed by atoms with Crippen LogP contribution >= 0.6 is 0 Å². The molecule has 2 rings (SSSR count). The summed E-state index contributed by atoms with van der Waals surface area (Å²) in [7, 11) is 0. The molecular weight excluding hydrogens is 245 g/mol. The van der Waals surface area contributed by atoms with Gasteiger partial charge < -0.3 is 5.11 Å². The molecule has 0 fully saturated rings. The predicted molar refractivity (Wildman–Crippen MR) is 71.7 cm³/mol. The molecule has 5 heteroatoms. The zero-order chi connectivity index (χ0) is 14.2. The van der Waals surface area contributed by atoms with Gasteiger partial charge in [-0.05, 0) is 32.9 Å². The van der Waals surface area contributed by atoms with Crippen LogP contribution < -0.4 is 0 Å². The minimum absolute atomic E-state index is 0.186. The van der Waals surface area contributed by atoms with E-state index in [9.17, 15) is 9.50 Å². The highest BCUT2D eigenvalue weighted by atomic mass is 19.1. The molecule has 2 aromatic heterocycles. The third-order valence-corrected chi connectivity index (χ3v) is 3.03. The summed E-state index contributed by atoms with van der Waals surface area (Å²) in [6.07, 6.45) is 0. The average Bonchev–Trinajstić information content (AvgIpc) is 2.80. The highest BCUT2D eigenvalue weighted by Crippen LogP contribution is 2.21. The van der Waals surface area contributed by atoms with Crippen LogP contribution in [0.2, 0.25) is 0 Å². The molecule has 0 saturated carbocycles. The molecule has 4 nitrogen and oxygen atoms in total. The van der Waals surface area contributed by atoms with E-state index >= 15 is 0 Å². The second-order valence-electron chi connectivity index (χ2n) is 4.81. The van der Waals surface area contributed by atoms with Gasteiger partial charge in [0.15, 0.2) is 11.6 Å². The Bertz CT molecular complexity index is 605. The number of aliphatic hydroxyl groups excluding tert-OH is 1. The van der Waals surface area contributed by atoms with Crippen LogP contribution in [0.1, 0.15) is 24.0 Å². The van der Waals surface area contributed by atoms with Gasteiger partial charge in [-0.15, -0.1) is 0 Å². The Morgan fingerprint density at radius 2 is 1.95 bits per heavy atom. The number of hydrogen-bond donors (Lipinski definition) is 1. The topological polar surface area (TPSA) is 43.0 Å². The second-order valence-corrected chi connectivity index (χ2v) is 4.81. The fourth-order valence-corrected chi connectivity index (χ4v) is 2.14. The maximum absolute atomic E-state index is 14.4. The van der Waals surface area contributed by atoms with Gasteiger partial charge in [0.2, 0.25) is 0 Å². The summed E-state index contributed by atoms with van der Waals surface area (Å²) in [4.78, 5) is 0. The molecule has 0 aliphatic carbocycles. The quantitative estimate of drug-likeness (QED) is 0.861. The Kier molecular flexibility index (Phi) is 3.57. The van der Waals surface area contributed by atoms with Crippen molar-refractivity contribution in [2.24, 2.45) is 0 Å². The van der Waals surface area contributed by atoms with Crippen LogP contribution in [0, 0.1) is 19.7 Å². The highest BCUT2D eigenvalue weighted by molar-refractivity contribution is 5.34. The summed E-state index contributed by atoms with van der Waals surface area (Å²) in [5.41, 5.74) is 2.84. The van der Waals surface area contributed by atoms with Crippen LogP contribution in [0.25, 0.3) is 5.82 Å². The molecule has 19 heavy (non-hydrogen) atoms. The van der Waals surface area contributed by atoms with E-state index in [2.05, 4.69) is 11.7 Å². The summed E-state index contributed by atoms with van der Waals surface area (Å²) in [5, 5.41) is 13.6. The molecule has 0 bridgehead atoms. The third-order valence-electron chi connectivity index (χ3n) is 3.03. The van der Waals surface area contributed by atoms with Gasteiger partial charge in [0.1, 0.15) is 5.69 Å². The van der Waals surface area contributed by atoms with Crippen LogP contribution in [0.3, 0.4) is 0 Å². The molecule has 0 saturated heterocycles. The molecule has 0 unspecified atom stereocenters. The van der Waals surface area contributed by atoms with Crippen molar-refractivity contribution in [1.82, 2.24) is 14.3 Å². The van der Waals surface area contributed by atoms with Crippen molar-refractivity contribution < 1.29 is 9.50 Å². The Hall–Kier alpha value is -1.88. The zero-order valence-electron chi connectivity index (χ0n) is 11.4. The van der Waals surface area contributed by atoms with Gasteiger partial charge in [0, 0.05) is 11.4 Å². The Labute approximate surface area is 111 Å². The van der Waals surface area contributed by atoms with Crippen molar-refractivity contribution in [3.8, 4) is 5.82 Å². The Morgan fingerprint density at radius 1 is 1.37 bits per heavy atom. The van der Waals surface area contributed by atoms with Crippen LogP contribution in [-0.4, -0.2) is 19.5 Å². The molecule has 0 aliphatic heterocycles. The number of rotatable bonds is 4. The maximum atomic E-state index is 14.4. The molecule has 0 spiro atoms. The fourth-order valence-electron chi connectivity index (χ4n) is 2.14. The fraction of sp³-hybridized carbons (Fsp3) is 0.357. The summed E-state index contributed by atoms with van der Waals surface area (Å²) < 4.78 is 17.6. The number of halogens is 1. The first kappa shape index (κ1) is 13.5. The SMILES string of the molecule is C=C(C)Cn1nc(-n2c(C)ccc2C)c(F)c1CO. The van der Waals surface area contributed by atoms with E-state index in [-0.39, 0.29) is 18.1 Å². The van der Waals surface area contributed by atoms with Crippen molar-refractivity contribution >= 4 is 0 Å². The average molecular weight is 263 g/mol. The van der Waals surface area contributed by atoms with Crippen LogP contribution in [0.5, 0.6) is 0 Å². The lowest BCUT2D eigenvalue weighted by atomic mass is 10.3. The zero-order valence-corrected chi connectivity index (χ0v) is 11.4. The van der Waals surface area contributed by atoms with Gasteiger partial charge >= 0.3 is 0 Å². The number of aliphatic hydroxyl groups is 1. The largest absolute Gasteiger partial charge is 0.390 e. The van der Waals surface area contributed by atoms with E-state index in [1.54, 1.807) is 4.57 Å². The molecule has 0 radical (unpaired) electrons. The van der Waals surface area contributed by atoms with E-state index in [1.165, 1.54) is 4.68 Å². The lowest BCUT2D eigenvalue weighted by molar-refractivity contribution is 0.262. The van der Waals surface area contributed by atoms with E-state index < -0.39 is 5.82 Å². The normalized spacial score (nSPS) is 11.0. The maximum Gasteiger partial charge on any atom is 0.195 e. The van der Waals surface area contributed by atoms with E-state index in [1.807, 2.05) is 32.9 Å². The van der Waals surface area contributed by atoms with E-state index in [4.69, 9.17) is 0 Å². The van der Waals surface area contributed by atoms with Crippen LogP contribution in [0.4, 0.5) is 4.39 Å². The lowest BCUT2D eigenvalue weighted by Gasteiger charge is -2.05. The molecule has 2 heterocycles. The molecule has 0 aromatic carbocycles. The third kappa shape index (κ3) is 2.33. The van der Waals surface area contributed by atoms with Crippen LogP contribution in [-0.2, 0) is 13.2 Å². The molecule has 2 aromatic rings. The van der Waals surface area contributed by atoms with Gasteiger partial charge in [-0.3, -0.25) is 9.25 Å². The highest BCUT2D eigenvalue weighted by Gasteiger charge is 2.20. The summed E-state index contributed by atoms with van der Waals surface area (Å²) in [6.45, 7) is 9.43. The number of nitrogens with zero attached hydrogens (tertiary/aromatic N) is 3. The van der Waals surface area contributed by atoms with Gasteiger partial charge in [0.25, 0.3) is 0 Å². The van der Waals surface area contributed by atoms with Crippen molar-refractivity contribution in [3.05, 3.63) is 47.2 Å². The first-order chi connectivity index (χ1) is 8.95. The summed E-state index contributed by atoms with van der Waals surface area (Å²) in [5.74, 6) is -0.253. The molecule has 0 amide bonds. The molecule has 0 atom stereocenters. The minimum Gasteiger partial charge on any atom is -0.390 e. The van der Waals surface area contributed by atoms with E-state index in [0.29, 0.717) is 6.54 Å². The molecule has 102 valence electrons. The second kappa shape index (κ2) is 5.01. The van der Waals surface area contributed by atoms with Crippen molar-refractivity contribution in [2.45, 2.75) is 33.9 Å². The van der Waals surface area contributed by atoms with Gasteiger partial charge in [0.05, 0.1) is 13.2 Å². The summed E-state index contributed by atoms with van der Waals surface area (Å²) >= 11 is 0. The monoisotopic (exact) mass is 263 g/mol. The number of allylic oxidation sites excluding steroid dienone is 1. The van der Waals surface area contributed by atoms with Crippen molar-refractivity contribution in [1.29, 1.82) is 0 Å². The van der Waals surface area contributed by atoms with Gasteiger partial charge in [-0.1, -0.05) is 12.2 Å². The standard InChI is InChI=1S/C14H18FN3O/c1-9(2)7-17-12(8-19)13(15)14(16-17)18-10(3)5-6-11(18)4/h5-6,19H,1,7-8H2,2-4H3. The summed E-state index contributed by atoms with van der Waals surface area (Å²) in [6, 6.07) is 3.82. The molecule has 1 N–H and O–H groups in total. The minimum atomic E-state index is -0.480. The first-order valence-electron chi connectivity index (χ1n) is 6.11. The lowest BCUT2D eigenvalue weighted by Crippen LogP contribution is -2.07. The van der Waals surface area contributed by atoms with Crippen molar-refractivity contribution in [3.63, 3.8) is 0 Å². The number of aromatic nitrogens is 3. The first-order valence-corrected chi connectivity index (χ1v) is 6.11. The Morgan fingerprint density at radius 3 is 2.42 bits per heavy atom. The molecular formula is C14H18FN3O.